The third-order valence-electron chi connectivity index (χ3n) is 7.59. The Morgan fingerprint density at radius 1 is 0.700 bits per heavy atom. The van der Waals surface area contributed by atoms with Gasteiger partial charge in [-0.15, -0.1) is 0 Å². The van der Waals surface area contributed by atoms with Crippen LogP contribution >= 0.6 is 0 Å². The predicted octanol–water partition coefficient (Wildman–Crippen LogP) is 4.56. The van der Waals surface area contributed by atoms with Gasteiger partial charge in [0.15, 0.2) is 0 Å². The highest BCUT2D eigenvalue weighted by Crippen LogP contribution is 2.40. The van der Waals surface area contributed by atoms with E-state index in [0.29, 0.717) is 6.71 Å². The Labute approximate surface area is 177 Å². The summed E-state index contributed by atoms with van der Waals surface area (Å²) < 4.78 is 2.55. The summed E-state index contributed by atoms with van der Waals surface area (Å²) in [6.45, 7) is 7.34. The van der Waals surface area contributed by atoms with Gasteiger partial charge in [-0.3, -0.25) is 0 Å². The lowest BCUT2D eigenvalue weighted by Gasteiger charge is -2.42. The molecule has 3 heterocycles. The van der Waals surface area contributed by atoms with Gasteiger partial charge >= 0.3 is 0 Å². The lowest BCUT2D eigenvalue weighted by atomic mass is 9.30. The van der Waals surface area contributed by atoms with Crippen LogP contribution in [0.4, 0.5) is 0 Å². The maximum atomic E-state index is 2.55. The van der Waals surface area contributed by atoms with Crippen LogP contribution in [0.2, 0.25) is 0 Å². The Kier molecular flexibility index (Phi) is 2.90. The Hall–Kier alpha value is -3.26. The van der Waals surface area contributed by atoms with Crippen LogP contribution < -0.4 is 16.4 Å². The van der Waals surface area contributed by atoms with Crippen molar-refractivity contribution in [1.82, 2.24) is 4.57 Å². The second-order valence-corrected chi connectivity index (χ2v) is 9.43. The number of hydrogen-bond donors (Lipinski definition) is 0. The van der Waals surface area contributed by atoms with Crippen LogP contribution in [0.3, 0.4) is 0 Å². The van der Waals surface area contributed by atoms with Gasteiger partial charge in [-0.25, -0.2) is 0 Å². The summed E-state index contributed by atoms with van der Waals surface area (Å²) in [5.41, 5.74) is 12.7. The van der Waals surface area contributed by atoms with Gasteiger partial charge in [0.25, 0.3) is 0 Å². The minimum atomic E-state index is -0.0147. The van der Waals surface area contributed by atoms with Crippen molar-refractivity contribution in [3.8, 4) is 5.69 Å². The SMILES string of the molecule is Cc1ccc2c3c1-n1c4ccccc4c4cccc(c41)B3c1ccccc1C2(C)C. The lowest BCUT2D eigenvalue weighted by Crippen LogP contribution is -2.63. The van der Waals surface area contributed by atoms with E-state index in [1.807, 2.05) is 0 Å². The van der Waals surface area contributed by atoms with Crippen molar-refractivity contribution in [3.63, 3.8) is 0 Å². The van der Waals surface area contributed by atoms with Crippen molar-refractivity contribution in [2.24, 2.45) is 0 Å². The molecule has 0 atom stereocenters. The first-order valence-electron chi connectivity index (χ1n) is 10.8. The van der Waals surface area contributed by atoms with E-state index in [9.17, 15) is 0 Å². The molecule has 4 aromatic carbocycles. The van der Waals surface area contributed by atoms with E-state index in [4.69, 9.17) is 0 Å². The molecule has 30 heavy (non-hydrogen) atoms. The molecule has 2 aliphatic heterocycles. The van der Waals surface area contributed by atoms with Gasteiger partial charge in [0, 0.05) is 27.4 Å². The fourth-order valence-corrected chi connectivity index (χ4v) is 6.30. The summed E-state index contributed by atoms with van der Waals surface area (Å²) in [7, 11) is 0. The molecule has 0 N–H and O–H groups in total. The van der Waals surface area contributed by atoms with Crippen molar-refractivity contribution in [1.29, 1.82) is 0 Å². The van der Waals surface area contributed by atoms with E-state index in [0.717, 1.165) is 0 Å². The number of aryl methyl sites for hydroxylation is 1. The molecule has 5 aromatic rings. The number of benzene rings is 4. The van der Waals surface area contributed by atoms with E-state index < -0.39 is 0 Å². The van der Waals surface area contributed by atoms with Crippen molar-refractivity contribution in [2.75, 3.05) is 0 Å². The van der Waals surface area contributed by atoms with Crippen LogP contribution in [0.15, 0.2) is 78.9 Å². The van der Waals surface area contributed by atoms with Gasteiger partial charge < -0.3 is 4.57 Å². The molecule has 0 fully saturated rings. The fourth-order valence-electron chi connectivity index (χ4n) is 6.30. The van der Waals surface area contributed by atoms with Crippen molar-refractivity contribution in [3.05, 3.63) is 95.6 Å². The molecular formula is C28H22BN. The number of fused-ring (bicyclic) bond motifs is 7. The molecule has 0 amide bonds. The zero-order valence-corrected chi connectivity index (χ0v) is 17.5. The summed E-state index contributed by atoms with van der Waals surface area (Å²) in [4.78, 5) is 0. The monoisotopic (exact) mass is 383 g/mol. The van der Waals surface area contributed by atoms with Gasteiger partial charge in [0.1, 0.15) is 0 Å². The normalized spacial score (nSPS) is 15.4. The summed E-state index contributed by atoms with van der Waals surface area (Å²) in [5, 5.41) is 2.71. The minimum absolute atomic E-state index is 0.0147. The van der Waals surface area contributed by atoms with Crippen LogP contribution in [0.5, 0.6) is 0 Å². The molecule has 0 unspecified atom stereocenters. The number of hydrogen-bond acceptors (Lipinski definition) is 0. The predicted molar refractivity (Wildman–Crippen MR) is 129 cm³/mol. The molecule has 7 rings (SSSR count). The van der Waals surface area contributed by atoms with E-state index in [1.54, 1.807) is 0 Å². The average molecular weight is 383 g/mol. The Bertz CT molecular complexity index is 1540. The third-order valence-corrected chi connectivity index (χ3v) is 7.59. The van der Waals surface area contributed by atoms with Crippen LogP contribution in [0.1, 0.15) is 30.5 Å². The molecule has 0 bridgehead atoms. The van der Waals surface area contributed by atoms with E-state index >= 15 is 0 Å². The van der Waals surface area contributed by atoms with Gasteiger partial charge in [0.05, 0.1) is 5.52 Å². The molecule has 0 aliphatic carbocycles. The highest BCUT2D eigenvalue weighted by atomic mass is 15.0. The molecule has 0 saturated heterocycles. The Balaban J connectivity index is 1.79. The lowest BCUT2D eigenvalue weighted by molar-refractivity contribution is 0.645. The highest BCUT2D eigenvalue weighted by molar-refractivity contribution is 6.99. The second kappa shape index (κ2) is 5.26. The van der Waals surface area contributed by atoms with Gasteiger partial charge in [0.2, 0.25) is 6.71 Å². The van der Waals surface area contributed by atoms with E-state index in [1.165, 1.54) is 60.6 Å². The largest absolute Gasteiger partial charge is 0.310 e. The standard InChI is InChI=1S/C28H22BN/c1-17-15-16-21-25-26(17)30-24-14-7-4-9-18(24)19-10-8-13-23(27(19)30)29(25)22-12-6-5-11-20(22)28(21,2)3/h4-16H,1-3H3. The number of aromatic nitrogens is 1. The third kappa shape index (κ3) is 1.73. The Morgan fingerprint density at radius 2 is 1.43 bits per heavy atom. The number of para-hydroxylation sites is 2. The quantitative estimate of drug-likeness (QED) is 0.339. The molecule has 1 aromatic heterocycles. The van der Waals surface area contributed by atoms with E-state index in [2.05, 4.69) is 104 Å². The van der Waals surface area contributed by atoms with Gasteiger partial charge in [-0.05, 0) is 40.6 Å². The van der Waals surface area contributed by atoms with Crippen LogP contribution in [-0.4, -0.2) is 11.3 Å². The smallest absolute Gasteiger partial charge is 0.247 e. The number of nitrogens with zero attached hydrogens (tertiary/aromatic N) is 1. The minimum Gasteiger partial charge on any atom is -0.310 e. The van der Waals surface area contributed by atoms with Crippen molar-refractivity contribution < 1.29 is 0 Å². The zero-order valence-electron chi connectivity index (χ0n) is 17.5. The summed E-state index contributed by atoms with van der Waals surface area (Å²) in [5.74, 6) is 0. The van der Waals surface area contributed by atoms with Crippen molar-refractivity contribution in [2.45, 2.75) is 26.2 Å². The summed E-state index contributed by atoms with van der Waals surface area (Å²) in [6, 6.07) is 29.6. The molecule has 1 nitrogen and oxygen atoms in total. The summed E-state index contributed by atoms with van der Waals surface area (Å²) in [6.07, 6.45) is 0. The zero-order chi connectivity index (χ0) is 20.2. The summed E-state index contributed by atoms with van der Waals surface area (Å²) >= 11 is 0. The van der Waals surface area contributed by atoms with Gasteiger partial charge in [-0.1, -0.05) is 92.1 Å². The molecule has 2 aliphatic rings. The molecular weight excluding hydrogens is 361 g/mol. The molecule has 0 spiro atoms. The molecule has 142 valence electrons. The maximum Gasteiger partial charge on any atom is 0.247 e. The first-order valence-corrected chi connectivity index (χ1v) is 10.8. The average Bonchev–Trinajstić information content (AvgIpc) is 3.09. The van der Waals surface area contributed by atoms with E-state index in [-0.39, 0.29) is 5.41 Å². The van der Waals surface area contributed by atoms with Crippen LogP contribution in [0.25, 0.3) is 27.5 Å². The van der Waals surface area contributed by atoms with Crippen LogP contribution in [-0.2, 0) is 5.41 Å². The molecule has 2 heteroatoms. The molecule has 0 radical (unpaired) electrons. The Morgan fingerprint density at radius 3 is 2.33 bits per heavy atom. The second-order valence-electron chi connectivity index (χ2n) is 9.43. The fraction of sp³-hybridized carbons (Fsp3) is 0.143. The first-order chi connectivity index (χ1) is 14.6. The highest BCUT2D eigenvalue weighted by Gasteiger charge is 2.44. The maximum absolute atomic E-state index is 2.55. The number of rotatable bonds is 0. The van der Waals surface area contributed by atoms with Gasteiger partial charge in [-0.2, -0.15) is 0 Å². The topological polar surface area (TPSA) is 4.93 Å². The molecule has 0 saturated carbocycles. The van der Waals surface area contributed by atoms with Crippen molar-refractivity contribution >= 4 is 44.9 Å². The first kappa shape index (κ1) is 16.5. The van der Waals surface area contributed by atoms with Crippen LogP contribution in [0, 0.1) is 6.92 Å².